The minimum Gasteiger partial charge on any atom is -0.0961 e. The monoisotopic (exact) mass is 355 g/mol. The summed E-state index contributed by atoms with van der Waals surface area (Å²) in [6, 6.07) is 0. The molecule has 0 saturated carbocycles. The van der Waals surface area contributed by atoms with E-state index in [1.54, 1.807) is 11.1 Å². The van der Waals surface area contributed by atoms with E-state index in [1.165, 1.54) is 31.3 Å². The van der Waals surface area contributed by atoms with Gasteiger partial charge in [-0.3, -0.25) is 0 Å². The maximum absolute atomic E-state index is 3.92. The molecule has 0 aromatic rings. The Kier molecular flexibility index (Phi) is 30.8. The van der Waals surface area contributed by atoms with Crippen LogP contribution in [0.2, 0.25) is 0 Å². The van der Waals surface area contributed by atoms with E-state index in [4.69, 9.17) is 0 Å². The average molecular weight is 355 g/mol. The Morgan fingerprint density at radius 1 is 0.900 bits per heavy atom. The molecule has 1 aliphatic rings. The zero-order valence-corrected chi connectivity index (χ0v) is 18.5. The normalized spacial score (nSPS) is 13.3. The molecule has 0 nitrogen and oxygen atoms in total. The zero-order chi connectivity index (χ0) is 15.8. The van der Waals surface area contributed by atoms with Crippen molar-refractivity contribution >= 4 is 0 Å². The van der Waals surface area contributed by atoms with Crippen molar-refractivity contribution < 1.29 is 32.7 Å². The molecule has 20 heavy (non-hydrogen) atoms. The van der Waals surface area contributed by atoms with Gasteiger partial charge in [-0.15, -0.1) is 0 Å². The SMILES string of the molecule is C=C(C)/C=C(/C)C1=C(C)CCCC1.CC.CC.CC.[Y]. The molecule has 0 heterocycles. The van der Waals surface area contributed by atoms with Gasteiger partial charge in [0.2, 0.25) is 0 Å². The van der Waals surface area contributed by atoms with E-state index >= 15 is 0 Å². The molecule has 0 N–H and O–H groups in total. The first kappa shape index (κ1) is 28.5. The van der Waals surface area contributed by atoms with Crippen LogP contribution in [0.4, 0.5) is 0 Å². The summed E-state index contributed by atoms with van der Waals surface area (Å²) < 4.78 is 0. The quantitative estimate of drug-likeness (QED) is 0.451. The van der Waals surface area contributed by atoms with Crippen LogP contribution < -0.4 is 0 Å². The predicted molar refractivity (Wildman–Crippen MR) is 93.8 cm³/mol. The van der Waals surface area contributed by atoms with Crippen LogP contribution in [0.25, 0.3) is 0 Å². The van der Waals surface area contributed by atoms with Gasteiger partial charge < -0.3 is 0 Å². The van der Waals surface area contributed by atoms with Crippen molar-refractivity contribution in [1.29, 1.82) is 0 Å². The number of rotatable bonds is 2. The summed E-state index contributed by atoms with van der Waals surface area (Å²) in [5, 5.41) is 0. The number of allylic oxidation sites excluding steroid dienone is 5. The molecule has 0 fully saturated rings. The van der Waals surface area contributed by atoms with Gasteiger partial charge >= 0.3 is 0 Å². The second kappa shape index (κ2) is 21.6. The third kappa shape index (κ3) is 14.7. The van der Waals surface area contributed by atoms with Crippen LogP contribution in [0.1, 0.15) is 88.0 Å². The molecule has 0 spiro atoms. The molecular formula is C19H38Y. The fraction of sp³-hybridized carbons (Fsp3) is 0.684. The molecule has 0 aromatic heterocycles. The summed E-state index contributed by atoms with van der Waals surface area (Å²) in [4.78, 5) is 0. The van der Waals surface area contributed by atoms with Crippen LogP contribution >= 0.6 is 0 Å². The molecule has 0 bridgehead atoms. The molecule has 1 radical (unpaired) electrons. The minimum atomic E-state index is 0. The zero-order valence-electron chi connectivity index (χ0n) is 15.7. The van der Waals surface area contributed by atoms with Crippen molar-refractivity contribution in [2.75, 3.05) is 0 Å². The molecule has 0 aliphatic heterocycles. The fourth-order valence-electron chi connectivity index (χ4n) is 2.05. The first-order valence-corrected chi connectivity index (χ1v) is 8.14. The standard InChI is InChI=1S/C13H20.3C2H6.Y/c1-10(2)9-12(4)13-8-6-5-7-11(13)3;3*1-2;/h9H,1,5-8H2,2-4H3;3*1-2H3;/b12-9-;;;;. The van der Waals surface area contributed by atoms with Gasteiger partial charge in [0.25, 0.3) is 0 Å². The molecule has 0 aromatic carbocycles. The van der Waals surface area contributed by atoms with Crippen LogP contribution in [0.5, 0.6) is 0 Å². The smallest absolute Gasteiger partial charge is 0 e. The van der Waals surface area contributed by atoms with E-state index < -0.39 is 0 Å². The van der Waals surface area contributed by atoms with Crippen molar-refractivity contribution in [2.24, 2.45) is 0 Å². The van der Waals surface area contributed by atoms with Crippen molar-refractivity contribution in [2.45, 2.75) is 88.0 Å². The fourth-order valence-corrected chi connectivity index (χ4v) is 2.05. The van der Waals surface area contributed by atoms with E-state index in [-0.39, 0.29) is 32.7 Å². The van der Waals surface area contributed by atoms with E-state index in [0.29, 0.717) is 0 Å². The summed E-state index contributed by atoms with van der Waals surface area (Å²) in [5.41, 5.74) is 5.74. The first-order valence-electron chi connectivity index (χ1n) is 8.14. The van der Waals surface area contributed by atoms with Gasteiger partial charge in [0.1, 0.15) is 0 Å². The van der Waals surface area contributed by atoms with E-state index in [0.717, 1.165) is 5.57 Å². The Balaban J connectivity index is -0.000000162. The van der Waals surface area contributed by atoms with E-state index in [1.807, 2.05) is 41.5 Å². The average Bonchev–Trinajstić information content (AvgIpc) is 2.45. The van der Waals surface area contributed by atoms with Crippen molar-refractivity contribution in [3.05, 3.63) is 34.9 Å². The molecule has 0 amide bonds. The maximum Gasteiger partial charge on any atom is 0 e. The Morgan fingerprint density at radius 3 is 1.65 bits per heavy atom. The van der Waals surface area contributed by atoms with Gasteiger partial charge in [0.15, 0.2) is 0 Å². The second-order valence-electron chi connectivity index (χ2n) is 4.14. The van der Waals surface area contributed by atoms with Crippen LogP contribution in [0, 0.1) is 0 Å². The van der Waals surface area contributed by atoms with Gasteiger partial charge in [-0.2, -0.15) is 0 Å². The Bertz CT molecular complexity index is 269. The molecule has 0 unspecified atom stereocenters. The predicted octanol–water partition coefficient (Wildman–Crippen LogP) is 7.48. The minimum absolute atomic E-state index is 0. The molecule has 0 saturated heterocycles. The summed E-state index contributed by atoms with van der Waals surface area (Å²) in [5.74, 6) is 0. The summed E-state index contributed by atoms with van der Waals surface area (Å²) in [6.07, 6.45) is 7.48. The van der Waals surface area contributed by atoms with Gasteiger partial charge in [0.05, 0.1) is 0 Å². The van der Waals surface area contributed by atoms with E-state index in [9.17, 15) is 0 Å². The molecule has 1 heteroatoms. The van der Waals surface area contributed by atoms with Crippen molar-refractivity contribution in [3.63, 3.8) is 0 Å². The molecule has 0 atom stereocenters. The molecule has 1 rings (SSSR count). The Hall–Kier alpha value is 0.324. The first-order chi connectivity index (χ1) is 9.11. The third-order valence-electron chi connectivity index (χ3n) is 2.68. The number of hydrogen-bond donors (Lipinski definition) is 0. The summed E-state index contributed by atoms with van der Waals surface area (Å²) >= 11 is 0. The van der Waals surface area contributed by atoms with Crippen LogP contribution in [0.15, 0.2) is 34.9 Å². The molecule has 1 aliphatic carbocycles. The Morgan fingerprint density at radius 2 is 1.30 bits per heavy atom. The van der Waals surface area contributed by atoms with Crippen molar-refractivity contribution in [3.8, 4) is 0 Å². The van der Waals surface area contributed by atoms with Crippen molar-refractivity contribution in [1.82, 2.24) is 0 Å². The van der Waals surface area contributed by atoms with Crippen LogP contribution in [-0.4, -0.2) is 0 Å². The van der Waals surface area contributed by atoms with Crippen LogP contribution in [0.3, 0.4) is 0 Å². The van der Waals surface area contributed by atoms with Gasteiger partial charge in [-0.05, 0) is 57.6 Å². The van der Waals surface area contributed by atoms with Crippen LogP contribution in [-0.2, 0) is 32.7 Å². The third-order valence-corrected chi connectivity index (χ3v) is 2.68. The summed E-state index contributed by atoms with van der Waals surface area (Å²) in [6.45, 7) is 22.4. The molecule has 117 valence electrons. The number of hydrogen-bond acceptors (Lipinski definition) is 0. The maximum atomic E-state index is 3.92. The topological polar surface area (TPSA) is 0 Å². The van der Waals surface area contributed by atoms with Gasteiger partial charge in [0, 0.05) is 32.7 Å². The summed E-state index contributed by atoms with van der Waals surface area (Å²) in [7, 11) is 0. The largest absolute Gasteiger partial charge is 0.0961 e. The van der Waals surface area contributed by atoms with Gasteiger partial charge in [-0.1, -0.05) is 65.3 Å². The second-order valence-corrected chi connectivity index (χ2v) is 4.14. The molecular weight excluding hydrogens is 317 g/mol. The Labute approximate surface area is 155 Å². The van der Waals surface area contributed by atoms with E-state index in [2.05, 4.69) is 33.4 Å². The van der Waals surface area contributed by atoms with Gasteiger partial charge in [-0.25, -0.2) is 0 Å².